The second kappa shape index (κ2) is 9.44. The topological polar surface area (TPSA) is 30.2 Å². The molecule has 47 heavy (non-hydrogen) atoms. The van der Waals surface area contributed by atoms with Gasteiger partial charge in [-0.15, -0.1) is 0 Å². The Morgan fingerprint density at radius 1 is 0.617 bits per heavy atom. The van der Waals surface area contributed by atoms with E-state index < -0.39 is 18.0 Å². The van der Waals surface area contributed by atoms with Crippen LogP contribution in [0.2, 0.25) is 0 Å². The Hall–Kier alpha value is -5.17. The molecule has 1 heterocycles. The highest BCUT2D eigenvalue weighted by atomic mass is 31.2. The van der Waals surface area contributed by atoms with Gasteiger partial charge >= 0.3 is 0 Å². The molecule has 0 fully saturated rings. The first-order valence-electron chi connectivity index (χ1n) is 16.3. The Labute approximate surface area is 274 Å². The van der Waals surface area contributed by atoms with Crippen LogP contribution in [0.25, 0.3) is 33.1 Å². The number of fused-ring (bicyclic) bond motifs is 14. The summed E-state index contributed by atoms with van der Waals surface area (Å²) in [4.78, 5) is 0. The van der Waals surface area contributed by atoms with Gasteiger partial charge in [0.15, 0.2) is 7.14 Å². The molecule has 3 unspecified atom stereocenters. The van der Waals surface area contributed by atoms with Crippen molar-refractivity contribution in [1.82, 2.24) is 0 Å². The van der Waals surface area contributed by atoms with Crippen LogP contribution in [0, 0.1) is 5.41 Å². The third kappa shape index (κ3) is 3.19. The van der Waals surface area contributed by atoms with Crippen molar-refractivity contribution < 1.29 is 8.98 Å². The lowest BCUT2D eigenvalue weighted by Crippen LogP contribution is -2.43. The molecular formula is C44H31O2P. The smallest absolute Gasteiger partial charge is 0.167 e. The van der Waals surface area contributed by atoms with Gasteiger partial charge in [-0.25, -0.2) is 0 Å². The van der Waals surface area contributed by atoms with Crippen molar-refractivity contribution >= 4 is 39.7 Å². The van der Waals surface area contributed by atoms with Crippen molar-refractivity contribution in [2.45, 2.75) is 18.3 Å². The minimum atomic E-state index is -3.26. The molecule has 6 aromatic carbocycles. The van der Waals surface area contributed by atoms with Crippen LogP contribution in [-0.2, 0) is 9.98 Å². The Bertz CT molecular complexity index is 2480. The molecule has 3 aliphatic rings. The summed E-state index contributed by atoms with van der Waals surface area (Å²) in [5, 5.41) is 5.03. The lowest BCUT2D eigenvalue weighted by molar-refractivity contribution is 0.290. The molecule has 1 spiro atoms. The number of hydrogen-bond acceptors (Lipinski definition) is 2. The van der Waals surface area contributed by atoms with E-state index in [1.807, 2.05) is 66.7 Å². The molecule has 0 saturated heterocycles. The standard InChI is InChI=1S/C44H31O2P/c1-43-28-14-25-39(47(45,29-15-4-2-5-16-29)30-17-6-3-7-18-30)42(43)32-20-9-12-23-35(32)44(43)34-22-11-8-19-31(34)40-36(44)26-27-38-41(40)33-21-10-13-24-37(33)46-38/h2-28,42H,1H3. The van der Waals surface area contributed by atoms with Gasteiger partial charge < -0.3 is 8.98 Å². The molecule has 0 saturated carbocycles. The van der Waals surface area contributed by atoms with Crippen LogP contribution in [0.5, 0.6) is 0 Å². The van der Waals surface area contributed by atoms with E-state index in [1.54, 1.807) is 0 Å². The second-order valence-electron chi connectivity index (χ2n) is 13.3. The van der Waals surface area contributed by atoms with E-state index in [0.29, 0.717) is 0 Å². The summed E-state index contributed by atoms with van der Waals surface area (Å²) >= 11 is 0. The van der Waals surface area contributed by atoms with Crippen molar-refractivity contribution in [2.24, 2.45) is 5.41 Å². The van der Waals surface area contributed by atoms with Gasteiger partial charge in [-0.1, -0.05) is 159 Å². The number of para-hydroxylation sites is 1. The quantitative estimate of drug-likeness (QED) is 0.184. The Kier molecular flexibility index (Phi) is 5.42. The molecule has 7 aromatic rings. The maximum atomic E-state index is 16.1. The number of allylic oxidation sites excluding steroid dienone is 4. The summed E-state index contributed by atoms with van der Waals surface area (Å²) in [6.45, 7) is 2.41. The molecule has 0 aliphatic heterocycles. The summed E-state index contributed by atoms with van der Waals surface area (Å²) in [7, 11) is -3.26. The molecule has 0 N–H and O–H groups in total. The molecule has 3 aliphatic carbocycles. The van der Waals surface area contributed by atoms with Gasteiger partial charge in [0.05, 0.1) is 5.41 Å². The van der Waals surface area contributed by atoms with Crippen LogP contribution in [0.3, 0.4) is 0 Å². The number of benzene rings is 6. The normalized spacial score (nSPS) is 22.2. The van der Waals surface area contributed by atoms with Gasteiger partial charge in [0.1, 0.15) is 11.2 Å². The second-order valence-corrected chi connectivity index (χ2v) is 16.1. The maximum absolute atomic E-state index is 16.1. The SMILES string of the molecule is CC12C=CC=C(P(=O)(c3ccccc3)c3ccccc3)C1c1ccccc1C21c2ccccc2-c2c1ccc1oc3ccccc3c21. The molecular weight excluding hydrogens is 591 g/mol. The Morgan fingerprint density at radius 2 is 1.26 bits per heavy atom. The van der Waals surface area contributed by atoms with Crippen LogP contribution in [-0.4, -0.2) is 0 Å². The highest BCUT2D eigenvalue weighted by Crippen LogP contribution is 2.76. The van der Waals surface area contributed by atoms with Crippen molar-refractivity contribution in [3.8, 4) is 11.1 Å². The number of rotatable bonds is 3. The average Bonchev–Trinajstić information content (AvgIpc) is 3.74. The molecule has 3 atom stereocenters. The summed E-state index contributed by atoms with van der Waals surface area (Å²) in [5.74, 6) is -0.120. The zero-order valence-electron chi connectivity index (χ0n) is 25.9. The minimum absolute atomic E-state index is 0.120. The average molecular weight is 623 g/mol. The highest BCUT2D eigenvalue weighted by molar-refractivity contribution is 7.82. The van der Waals surface area contributed by atoms with Gasteiger partial charge in [0.25, 0.3) is 0 Å². The monoisotopic (exact) mass is 622 g/mol. The molecule has 0 amide bonds. The molecule has 1 aromatic heterocycles. The fourth-order valence-electron chi connectivity index (χ4n) is 9.51. The van der Waals surface area contributed by atoms with E-state index in [2.05, 4.69) is 104 Å². The van der Waals surface area contributed by atoms with Gasteiger partial charge in [-0.2, -0.15) is 0 Å². The van der Waals surface area contributed by atoms with Crippen molar-refractivity contribution in [3.63, 3.8) is 0 Å². The zero-order chi connectivity index (χ0) is 31.4. The Morgan fingerprint density at radius 3 is 2.02 bits per heavy atom. The predicted molar refractivity (Wildman–Crippen MR) is 193 cm³/mol. The van der Waals surface area contributed by atoms with E-state index in [-0.39, 0.29) is 5.92 Å². The highest BCUT2D eigenvalue weighted by Gasteiger charge is 2.66. The largest absolute Gasteiger partial charge is 0.456 e. The van der Waals surface area contributed by atoms with Crippen LogP contribution < -0.4 is 10.6 Å². The molecule has 10 rings (SSSR count). The first-order chi connectivity index (χ1) is 23.1. The fourth-order valence-corrected chi connectivity index (χ4v) is 12.7. The van der Waals surface area contributed by atoms with Crippen molar-refractivity contribution in [2.75, 3.05) is 0 Å². The van der Waals surface area contributed by atoms with E-state index in [4.69, 9.17) is 4.42 Å². The molecule has 0 radical (unpaired) electrons. The minimum Gasteiger partial charge on any atom is -0.456 e. The fraction of sp³-hybridized carbons (Fsp3) is 0.0909. The van der Waals surface area contributed by atoms with E-state index in [0.717, 1.165) is 32.5 Å². The van der Waals surface area contributed by atoms with Crippen LogP contribution in [0.4, 0.5) is 0 Å². The van der Waals surface area contributed by atoms with Crippen molar-refractivity contribution in [1.29, 1.82) is 0 Å². The first-order valence-corrected chi connectivity index (χ1v) is 18.0. The van der Waals surface area contributed by atoms with Crippen LogP contribution in [0.1, 0.15) is 35.1 Å². The lowest BCUT2D eigenvalue weighted by atomic mass is 9.56. The summed E-state index contributed by atoms with van der Waals surface area (Å²) in [6, 6.07) is 51.0. The van der Waals surface area contributed by atoms with E-state index >= 15 is 4.57 Å². The third-order valence-electron chi connectivity index (χ3n) is 11.2. The van der Waals surface area contributed by atoms with E-state index in [1.165, 1.54) is 38.8 Å². The molecule has 2 nitrogen and oxygen atoms in total. The van der Waals surface area contributed by atoms with E-state index in [9.17, 15) is 0 Å². The van der Waals surface area contributed by atoms with Gasteiger partial charge in [0, 0.05) is 38.0 Å². The first kappa shape index (κ1) is 27.0. The maximum Gasteiger partial charge on any atom is 0.167 e. The van der Waals surface area contributed by atoms with Crippen molar-refractivity contribution in [3.05, 3.63) is 191 Å². The number of furan rings is 1. The van der Waals surface area contributed by atoms with Gasteiger partial charge in [0.2, 0.25) is 0 Å². The molecule has 224 valence electrons. The number of hydrogen-bond donors (Lipinski definition) is 0. The molecule has 3 heteroatoms. The van der Waals surface area contributed by atoms with Gasteiger partial charge in [-0.3, -0.25) is 0 Å². The zero-order valence-corrected chi connectivity index (χ0v) is 26.8. The lowest BCUT2D eigenvalue weighted by Gasteiger charge is -2.47. The third-order valence-corrected chi connectivity index (χ3v) is 14.4. The van der Waals surface area contributed by atoms with Gasteiger partial charge in [-0.05, 0) is 45.5 Å². The Balaban J connectivity index is 1.32. The molecule has 0 bridgehead atoms. The van der Waals surface area contributed by atoms with Crippen LogP contribution >= 0.6 is 7.14 Å². The summed E-state index contributed by atoms with van der Waals surface area (Å²) in [5.41, 5.74) is 8.44. The summed E-state index contributed by atoms with van der Waals surface area (Å²) in [6.07, 6.45) is 6.76. The predicted octanol–water partition coefficient (Wildman–Crippen LogP) is 10.5. The van der Waals surface area contributed by atoms with Crippen LogP contribution in [0.15, 0.2) is 174 Å². The summed E-state index contributed by atoms with van der Waals surface area (Å²) < 4.78 is 22.6.